The molecule has 0 radical (unpaired) electrons. The molecule has 0 fully saturated rings. The summed E-state index contributed by atoms with van der Waals surface area (Å²) in [5.41, 5.74) is 2.67. The van der Waals surface area contributed by atoms with Crippen LogP contribution in [0, 0.1) is 6.92 Å². The second kappa shape index (κ2) is 8.98. The summed E-state index contributed by atoms with van der Waals surface area (Å²) in [5.74, 6) is 0.267. The number of aromatic amines is 1. The maximum Gasteiger partial charge on any atom is 0.267 e. The van der Waals surface area contributed by atoms with Gasteiger partial charge in [0.2, 0.25) is 0 Å². The number of hydrogen-bond donors (Lipinski definition) is 1. The van der Waals surface area contributed by atoms with E-state index in [0.717, 1.165) is 16.0 Å². The number of Topliss-reactive ketones (excluding diaryl/α,β-unsaturated/α-hetero) is 1. The number of amides is 1. The number of aromatic nitrogens is 2. The third-order valence-electron chi connectivity index (χ3n) is 6.02. The van der Waals surface area contributed by atoms with Crippen LogP contribution < -0.4 is 15.2 Å². The van der Waals surface area contributed by atoms with Gasteiger partial charge in [0.15, 0.2) is 17.0 Å². The van der Waals surface area contributed by atoms with Crippen LogP contribution in [-0.2, 0) is 4.79 Å². The number of ether oxygens (including phenoxy) is 1. The molecule has 2 aromatic heterocycles. The van der Waals surface area contributed by atoms with Gasteiger partial charge in [-0.2, -0.15) is 0 Å². The van der Waals surface area contributed by atoms with E-state index in [4.69, 9.17) is 4.74 Å². The Bertz CT molecular complexity index is 1530. The van der Waals surface area contributed by atoms with Crippen molar-refractivity contribution < 1.29 is 14.3 Å². The highest BCUT2D eigenvalue weighted by molar-refractivity contribution is 8.00. The van der Waals surface area contributed by atoms with Crippen LogP contribution in [-0.4, -0.2) is 40.1 Å². The summed E-state index contributed by atoms with van der Waals surface area (Å²) in [6.07, 6.45) is -0.565. The quantitative estimate of drug-likeness (QED) is 0.231. The van der Waals surface area contributed by atoms with Gasteiger partial charge in [0, 0.05) is 23.1 Å². The Morgan fingerprint density at radius 1 is 1.20 bits per heavy atom. The first-order chi connectivity index (χ1) is 16.7. The van der Waals surface area contributed by atoms with E-state index in [-0.39, 0.29) is 17.2 Å². The van der Waals surface area contributed by atoms with Crippen LogP contribution in [0.2, 0.25) is 0 Å². The maximum atomic E-state index is 13.2. The van der Waals surface area contributed by atoms with E-state index >= 15 is 0 Å². The lowest BCUT2D eigenvalue weighted by atomic mass is 10.0. The normalized spacial score (nSPS) is 16.2. The van der Waals surface area contributed by atoms with E-state index in [1.54, 1.807) is 39.1 Å². The molecule has 0 spiro atoms. The number of carbonyl (C=O) groups is 2. The minimum Gasteiger partial charge on any atom is -0.479 e. The zero-order valence-electron chi connectivity index (χ0n) is 19.6. The van der Waals surface area contributed by atoms with E-state index in [1.165, 1.54) is 28.0 Å². The third-order valence-corrected chi connectivity index (χ3v) is 8.01. The highest BCUT2D eigenvalue weighted by Gasteiger charge is 2.30. The molecule has 5 rings (SSSR count). The second-order valence-electron chi connectivity index (χ2n) is 8.41. The molecular formula is C26H23N3O4S2. The summed E-state index contributed by atoms with van der Waals surface area (Å²) in [6, 6.07) is 14.9. The predicted molar refractivity (Wildman–Crippen MR) is 140 cm³/mol. The molecule has 2 unspecified atom stereocenters. The van der Waals surface area contributed by atoms with Crippen LogP contribution in [0.15, 0.2) is 58.5 Å². The summed E-state index contributed by atoms with van der Waals surface area (Å²) < 4.78 is 5.65. The Hall–Kier alpha value is -3.43. The van der Waals surface area contributed by atoms with Crippen molar-refractivity contribution in [2.45, 2.75) is 37.3 Å². The molecule has 2 aromatic carbocycles. The summed E-state index contributed by atoms with van der Waals surface area (Å²) in [4.78, 5) is 49.2. The molecule has 35 heavy (non-hydrogen) atoms. The first-order valence-electron chi connectivity index (χ1n) is 11.1. The molecule has 3 heterocycles. The average Bonchev–Trinajstić information content (AvgIpc) is 3.18. The maximum absolute atomic E-state index is 13.2. The summed E-state index contributed by atoms with van der Waals surface area (Å²) in [6.45, 7) is 5.45. The van der Waals surface area contributed by atoms with Gasteiger partial charge in [-0.25, -0.2) is 4.98 Å². The summed E-state index contributed by atoms with van der Waals surface area (Å²) >= 11 is 2.67. The van der Waals surface area contributed by atoms with Gasteiger partial charge in [-0.1, -0.05) is 42.1 Å². The number of rotatable bonds is 5. The fourth-order valence-electron chi connectivity index (χ4n) is 4.23. The van der Waals surface area contributed by atoms with Crippen molar-refractivity contribution in [3.63, 3.8) is 0 Å². The third kappa shape index (κ3) is 4.15. The molecule has 1 aliphatic rings. The molecule has 7 nitrogen and oxygen atoms in total. The van der Waals surface area contributed by atoms with Crippen LogP contribution in [0.5, 0.6) is 5.75 Å². The minimum absolute atomic E-state index is 0.132. The fourth-order valence-corrected chi connectivity index (χ4v) is 6.20. The number of aryl methyl sites for hydroxylation is 1. The molecule has 0 bridgehead atoms. The predicted octanol–water partition coefficient (Wildman–Crippen LogP) is 5.07. The molecule has 9 heteroatoms. The summed E-state index contributed by atoms with van der Waals surface area (Å²) in [7, 11) is 1.67. The molecule has 0 saturated carbocycles. The van der Waals surface area contributed by atoms with Crippen molar-refractivity contribution in [2.24, 2.45) is 0 Å². The number of carbonyl (C=O) groups excluding carboxylic acids is 2. The topological polar surface area (TPSA) is 92.4 Å². The van der Waals surface area contributed by atoms with Crippen molar-refractivity contribution in [2.75, 3.05) is 11.9 Å². The first kappa shape index (κ1) is 23.3. The highest BCUT2D eigenvalue weighted by Crippen LogP contribution is 2.37. The molecular weight excluding hydrogens is 482 g/mol. The van der Waals surface area contributed by atoms with Gasteiger partial charge >= 0.3 is 0 Å². The fraction of sp³-hybridized carbons (Fsp3) is 0.231. The van der Waals surface area contributed by atoms with Gasteiger partial charge in [-0.15, -0.1) is 11.3 Å². The smallest absolute Gasteiger partial charge is 0.267 e. The van der Waals surface area contributed by atoms with Gasteiger partial charge in [-0.3, -0.25) is 14.4 Å². The van der Waals surface area contributed by atoms with Gasteiger partial charge in [0.1, 0.15) is 10.6 Å². The number of thiophene rings is 1. The van der Waals surface area contributed by atoms with Crippen molar-refractivity contribution in [3.8, 4) is 16.9 Å². The van der Waals surface area contributed by atoms with Gasteiger partial charge in [-0.05, 0) is 44.5 Å². The number of hydrogen-bond acceptors (Lipinski definition) is 7. The molecule has 1 N–H and O–H groups in total. The number of ketones is 1. The molecule has 0 saturated heterocycles. The van der Waals surface area contributed by atoms with Gasteiger partial charge in [0.05, 0.1) is 16.3 Å². The van der Waals surface area contributed by atoms with Crippen LogP contribution in [0.25, 0.3) is 21.3 Å². The van der Waals surface area contributed by atoms with E-state index in [0.29, 0.717) is 32.4 Å². The van der Waals surface area contributed by atoms with Crippen molar-refractivity contribution in [1.29, 1.82) is 0 Å². The van der Waals surface area contributed by atoms with Crippen LogP contribution in [0.1, 0.15) is 29.1 Å². The number of likely N-dealkylation sites (N-methyl/N-ethyl adjacent to an activating group) is 1. The molecule has 178 valence electrons. The molecule has 1 aliphatic heterocycles. The van der Waals surface area contributed by atoms with Crippen LogP contribution in [0.4, 0.5) is 5.69 Å². The van der Waals surface area contributed by atoms with Crippen LogP contribution >= 0.6 is 23.1 Å². The Balaban J connectivity index is 1.42. The SMILES string of the molecule is Cc1sc2nc(SC(C)C(=O)c3ccc4c(c3)N(C)C(=O)C(C)O4)[nH]c(=O)c2c1-c1ccccc1. The van der Waals surface area contributed by atoms with Gasteiger partial charge in [0.25, 0.3) is 11.5 Å². The van der Waals surface area contributed by atoms with Crippen molar-refractivity contribution in [1.82, 2.24) is 9.97 Å². The number of nitrogens with one attached hydrogen (secondary N) is 1. The molecule has 1 amide bonds. The number of fused-ring (bicyclic) bond motifs is 2. The largest absolute Gasteiger partial charge is 0.479 e. The Morgan fingerprint density at radius 2 is 1.94 bits per heavy atom. The van der Waals surface area contributed by atoms with E-state index in [2.05, 4.69) is 9.97 Å². The lowest BCUT2D eigenvalue weighted by Crippen LogP contribution is -2.42. The van der Waals surface area contributed by atoms with E-state index < -0.39 is 11.4 Å². The first-order valence-corrected chi connectivity index (χ1v) is 12.8. The second-order valence-corrected chi connectivity index (χ2v) is 10.9. The molecule has 4 aromatic rings. The van der Waals surface area contributed by atoms with Gasteiger partial charge < -0.3 is 14.6 Å². The Morgan fingerprint density at radius 3 is 2.69 bits per heavy atom. The lowest BCUT2D eigenvalue weighted by molar-refractivity contribution is -0.125. The number of nitrogens with zero attached hydrogens (tertiary/aromatic N) is 2. The monoisotopic (exact) mass is 505 g/mol. The van der Waals surface area contributed by atoms with Crippen molar-refractivity contribution >= 4 is 50.7 Å². The number of benzene rings is 2. The Kier molecular flexibility index (Phi) is 5.98. The highest BCUT2D eigenvalue weighted by atomic mass is 32.2. The molecule has 0 aliphatic carbocycles. The minimum atomic E-state index is -0.565. The van der Waals surface area contributed by atoms with Crippen LogP contribution in [0.3, 0.4) is 0 Å². The number of H-pyrrole nitrogens is 1. The van der Waals surface area contributed by atoms with E-state index in [1.807, 2.05) is 37.3 Å². The summed E-state index contributed by atoms with van der Waals surface area (Å²) in [5, 5.41) is 0.456. The Labute approximate surface area is 210 Å². The number of anilines is 1. The lowest BCUT2D eigenvalue weighted by Gasteiger charge is -2.30. The standard InChI is InChI=1S/C26H23N3O4S2/c1-13-25(32)29(4)18-12-17(10-11-19(18)33-13)22(30)15(3)35-26-27-23(31)21-20(14(2)34-24(21)28-26)16-8-6-5-7-9-16/h5-13,15H,1-4H3,(H,27,28,31). The zero-order chi connectivity index (χ0) is 24.9. The van der Waals surface area contributed by atoms with E-state index in [9.17, 15) is 14.4 Å². The molecule has 2 atom stereocenters. The number of thioether (sulfide) groups is 1. The van der Waals surface area contributed by atoms with Crippen molar-refractivity contribution in [3.05, 3.63) is 69.3 Å². The zero-order valence-corrected chi connectivity index (χ0v) is 21.3. The average molecular weight is 506 g/mol.